The summed E-state index contributed by atoms with van der Waals surface area (Å²) in [5, 5.41) is 0.584. The first kappa shape index (κ1) is 13.9. The molecule has 0 saturated heterocycles. The Bertz CT molecular complexity index is 566. The summed E-state index contributed by atoms with van der Waals surface area (Å²) in [7, 11) is 0. The molecule has 0 spiro atoms. The normalized spacial score (nSPS) is 12.2. The third kappa shape index (κ3) is 3.28. The number of nitrogens with two attached hydrogens (primary N) is 1. The molecule has 1 atom stereocenters. The maximum absolute atomic E-state index is 6.24. The van der Waals surface area contributed by atoms with E-state index in [1.54, 1.807) is 0 Å². The van der Waals surface area contributed by atoms with E-state index < -0.39 is 0 Å². The summed E-state index contributed by atoms with van der Waals surface area (Å²) in [5.41, 5.74) is 7.99. The second-order valence-corrected chi connectivity index (χ2v) is 4.95. The Morgan fingerprint density at radius 2 is 1.89 bits per heavy atom. The molecule has 0 heterocycles. The van der Waals surface area contributed by atoms with Crippen molar-refractivity contribution < 1.29 is 4.74 Å². The summed E-state index contributed by atoms with van der Waals surface area (Å²) in [6.07, 6.45) is 0.922. The average Bonchev–Trinajstić information content (AvgIpc) is 2.41. The maximum atomic E-state index is 6.24. The third-order valence-corrected chi connectivity index (χ3v) is 3.35. The quantitative estimate of drug-likeness (QED) is 0.877. The number of aryl methyl sites for hydroxylation is 1. The van der Waals surface area contributed by atoms with E-state index in [0.29, 0.717) is 10.8 Å². The van der Waals surface area contributed by atoms with Crippen LogP contribution in [0.1, 0.15) is 31.0 Å². The first-order valence-electron chi connectivity index (χ1n) is 6.42. The third-order valence-electron chi connectivity index (χ3n) is 3.06. The first-order chi connectivity index (χ1) is 9.11. The zero-order chi connectivity index (χ0) is 13.8. The van der Waals surface area contributed by atoms with Gasteiger partial charge in [-0.1, -0.05) is 42.8 Å². The van der Waals surface area contributed by atoms with E-state index in [1.165, 1.54) is 0 Å². The smallest absolute Gasteiger partial charge is 0.146 e. The fraction of sp³-hybridized carbons (Fsp3) is 0.250. The number of para-hydroxylation sites is 1. The molecule has 2 rings (SSSR count). The van der Waals surface area contributed by atoms with E-state index >= 15 is 0 Å². The van der Waals surface area contributed by atoms with E-state index in [0.717, 1.165) is 23.3 Å². The molecule has 0 fully saturated rings. The SMILES string of the molecule is CCc1ccccc1Oc1ccc([C@@H](C)N)cc1Cl. The van der Waals surface area contributed by atoms with Gasteiger partial charge in [-0.25, -0.2) is 0 Å². The Morgan fingerprint density at radius 3 is 2.53 bits per heavy atom. The Hall–Kier alpha value is -1.51. The van der Waals surface area contributed by atoms with Gasteiger partial charge in [-0.3, -0.25) is 0 Å². The Morgan fingerprint density at radius 1 is 1.16 bits per heavy atom. The molecule has 19 heavy (non-hydrogen) atoms. The number of hydrogen-bond donors (Lipinski definition) is 1. The molecule has 0 aliphatic rings. The second kappa shape index (κ2) is 6.09. The summed E-state index contributed by atoms with van der Waals surface area (Å²) >= 11 is 6.24. The lowest BCUT2D eigenvalue weighted by molar-refractivity contribution is 0.476. The largest absolute Gasteiger partial charge is 0.456 e. The summed E-state index contributed by atoms with van der Waals surface area (Å²) in [5.74, 6) is 1.51. The van der Waals surface area contributed by atoms with Gasteiger partial charge in [0, 0.05) is 6.04 Å². The highest BCUT2D eigenvalue weighted by atomic mass is 35.5. The van der Waals surface area contributed by atoms with Gasteiger partial charge in [-0.05, 0) is 42.7 Å². The lowest BCUT2D eigenvalue weighted by Gasteiger charge is -2.13. The summed E-state index contributed by atoms with van der Waals surface area (Å²) in [6.45, 7) is 4.03. The van der Waals surface area contributed by atoms with Crippen molar-refractivity contribution in [1.82, 2.24) is 0 Å². The van der Waals surface area contributed by atoms with Crippen LogP contribution in [0.25, 0.3) is 0 Å². The predicted molar refractivity (Wildman–Crippen MR) is 79.9 cm³/mol. The average molecular weight is 276 g/mol. The minimum atomic E-state index is -0.0329. The zero-order valence-corrected chi connectivity index (χ0v) is 11.9. The molecule has 2 aromatic rings. The van der Waals surface area contributed by atoms with Crippen LogP contribution >= 0.6 is 11.6 Å². The molecule has 0 unspecified atom stereocenters. The highest BCUT2D eigenvalue weighted by Crippen LogP contribution is 2.32. The van der Waals surface area contributed by atoms with Gasteiger partial charge in [0.15, 0.2) is 0 Å². The number of rotatable bonds is 4. The van der Waals surface area contributed by atoms with Gasteiger partial charge in [0.05, 0.1) is 5.02 Å². The Kier molecular flexibility index (Phi) is 4.46. The molecule has 0 aliphatic heterocycles. The second-order valence-electron chi connectivity index (χ2n) is 4.54. The molecule has 0 aromatic heterocycles. The van der Waals surface area contributed by atoms with Crippen LogP contribution in [0.4, 0.5) is 0 Å². The fourth-order valence-corrected chi connectivity index (χ4v) is 2.12. The minimum absolute atomic E-state index is 0.0329. The van der Waals surface area contributed by atoms with Gasteiger partial charge in [-0.15, -0.1) is 0 Å². The Labute approximate surface area is 119 Å². The predicted octanol–water partition coefficient (Wildman–Crippen LogP) is 4.71. The van der Waals surface area contributed by atoms with Gasteiger partial charge < -0.3 is 10.5 Å². The Balaban J connectivity index is 2.28. The van der Waals surface area contributed by atoms with Gasteiger partial charge >= 0.3 is 0 Å². The fourth-order valence-electron chi connectivity index (χ4n) is 1.90. The highest BCUT2D eigenvalue weighted by molar-refractivity contribution is 6.32. The summed E-state index contributed by atoms with van der Waals surface area (Å²) in [6, 6.07) is 13.6. The van der Waals surface area contributed by atoms with Gasteiger partial charge in [0.2, 0.25) is 0 Å². The summed E-state index contributed by atoms with van der Waals surface area (Å²) < 4.78 is 5.89. The number of halogens is 1. The molecule has 2 aromatic carbocycles. The van der Waals surface area contributed by atoms with Crippen molar-refractivity contribution in [2.24, 2.45) is 5.73 Å². The number of hydrogen-bond acceptors (Lipinski definition) is 2. The van der Waals surface area contributed by atoms with Crippen molar-refractivity contribution in [3.05, 3.63) is 58.6 Å². The molecule has 0 bridgehead atoms. The van der Waals surface area contributed by atoms with Crippen molar-refractivity contribution in [3.63, 3.8) is 0 Å². The van der Waals surface area contributed by atoms with E-state index in [2.05, 4.69) is 13.0 Å². The molecule has 3 heteroatoms. The van der Waals surface area contributed by atoms with E-state index in [-0.39, 0.29) is 6.04 Å². The van der Waals surface area contributed by atoms with Crippen LogP contribution < -0.4 is 10.5 Å². The number of ether oxygens (including phenoxy) is 1. The maximum Gasteiger partial charge on any atom is 0.146 e. The van der Waals surface area contributed by atoms with Crippen molar-refractivity contribution in [2.45, 2.75) is 26.3 Å². The topological polar surface area (TPSA) is 35.2 Å². The molecule has 2 N–H and O–H groups in total. The van der Waals surface area contributed by atoms with E-state index in [9.17, 15) is 0 Å². The van der Waals surface area contributed by atoms with Crippen LogP contribution in [0.2, 0.25) is 5.02 Å². The zero-order valence-electron chi connectivity index (χ0n) is 11.2. The standard InChI is InChI=1S/C16H18ClNO/c1-3-12-6-4-5-7-15(12)19-16-9-8-13(11(2)18)10-14(16)17/h4-11H,3,18H2,1-2H3/t11-/m1/s1. The monoisotopic (exact) mass is 275 g/mol. The molecular formula is C16H18ClNO. The molecular weight excluding hydrogens is 258 g/mol. The first-order valence-corrected chi connectivity index (χ1v) is 6.80. The van der Waals surface area contributed by atoms with Gasteiger partial charge in [0.1, 0.15) is 11.5 Å². The molecule has 0 saturated carbocycles. The van der Waals surface area contributed by atoms with Crippen molar-refractivity contribution in [2.75, 3.05) is 0 Å². The van der Waals surface area contributed by atoms with Crippen molar-refractivity contribution in [1.29, 1.82) is 0 Å². The molecule has 0 aliphatic carbocycles. The van der Waals surface area contributed by atoms with Crippen molar-refractivity contribution in [3.8, 4) is 11.5 Å². The van der Waals surface area contributed by atoms with E-state index in [4.69, 9.17) is 22.1 Å². The van der Waals surface area contributed by atoms with Crippen LogP contribution in [-0.4, -0.2) is 0 Å². The lowest BCUT2D eigenvalue weighted by Crippen LogP contribution is -2.04. The van der Waals surface area contributed by atoms with Crippen LogP contribution in [0, 0.1) is 0 Å². The van der Waals surface area contributed by atoms with Crippen LogP contribution in [0.3, 0.4) is 0 Å². The van der Waals surface area contributed by atoms with Crippen LogP contribution in [0.5, 0.6) is 11.5 Å². The van der Waals surface area contributed by atoms with E-state index in [1.807, 2.05) is 43.3 Å². The van der Waals surface area contributed by atoms with Crippen LogP contribution in [0.15, 0.2) is 42.5 Å². The molecule has 0 amide bonds. The van der Waals surface area contributed by atoms with Gasteiger partial charge in [-0.2, -0.15) is 0 Å². The highest BCUT2D eigenvalue weighted by Gasteiger charge is 2.08. The van der Waals surface area contributed by atoms with Gasteiger partial charge in [0.25, 0.3) is 0 Å². The lowest BCUT2D eigenvalue weighted by atomic mass is 10.1. The number of benzene rings is 2. The van der Waals surface area contributed by atoms with Crippen molar-refractivity contribution >= 4 is 11.6 Å². The van der Waals surface area contributed by atoms with Crippen LogP contribution in [-0.2, 0) is 6.42 Å². The minimum Gasteiger partial charge on any atom is -0.456 e. The molecule has 100 valence electrons. The summed E-state index contributed by atoms with van der Waals surface area (Å²) in [4.78, 5) is 0. The molecule has 0 radical (unpaired) electrons. The molecule has 2 nitrogen and oxygen atoms in total.